The molecule has 17 nitrogen and oxygen atoms in total. The molecular formula is C37H43N4O13-. The standard InChI is InChI=1S/C37H43N4O13/c1-17-32(47)21(38)12-27(53-17)54-22-14-37(52,23(16-43)39-40-24(44)8-3-2-4-11-41-25(45)9-10-26(41)46)13-20-29(22)36(51)31-30(34(20)49)33(48)19-7-5-6-18(15-42)28(19)35(31)50/h5-7,9-10,17,21-22,25,27,32,42-43,47,49,51-52H,2-4,8,11-16,38H2,1H3,(H,40,44)/q-1/b39-23+/t17?,21-,22+,25?,27+,32+,37+/m1/s1. The van der Waals surface area contributed by atoms with Crippen LogP contribution in [-0.2, 0) is 32.1 Å². The summed E-state index contributed by atoms with van der Waals surface area (Å²) in [7, 11) is 0. The summed E-state index contributed by atoms with van der Waals surface area (Å²) in [6, 6.07) is 3.47. The normalized spacial score (nSPS) is 27.9. The number of nitrogens with zero attached hydrogens (tertiary/aromatic N) is 2. The Balaban J connectivity index is 1.29. The molecule has 2 aliphatic carbocycles. The first-order chi connectivity index (χ1) is 25.7. The summed E-state index contributed by atoms with van der Waals surface area (Å²) in [6.07, 6.45) is -2.73. The number of ether oxygens (including phenoxy) is 2. The van der Waals surface area contributed by atoms with Crippen LogP contribution in [-0.4, -0.2) is 114 Å². The van der Waals surface area contributed by atoms with Crippen molar-refractivity contribution in [1.29, 1.82) is 0 Å². The molecule has 2 aromatic carbocycles. The van der Waals surface area contributed by atoms with Crippen molar-refractivity contribution in [2.75, 3.05) is 13.2 Å². The largest absolute Gasteiger partial charge is 0.833 e. The predicted octanol–water partition coefficient (Wildman–Crippen LogP) is -0.967. The lowest BCUT2D eigenvalue weighted by Gasteiger charge is -2.43. The van der Waals surface area contributed by atoms with Gasteiger partial charge in [0.1, 0.15) is 17.1 Å². The molecule has 7 atom stereocenters. The molecule has 2 aliphatic heterocycles. The number of amides is 2. The van der Waals surface area contributed by atoms with Crippen molar-refractivity contribution in [3.05, 3.63) is 69.3 Å². The molecule has 290 valence electrons. The number of hydrazone groups is 1. The fourth-order valence-corrected chi connectivity index (χ4v) is 7.62. The number of carbonyl (C=O) groups is 4. The number of fused-ring (bicyclic) bond motifs is 3. The zero-order valence-electron chi connectivity index (χ0n) is 29.4. The molecule has 54 heavy (non-hydrogen) atoms. The molecule has 0 spiro atoms. The summed E-state index contributed by atoms with van der Waals surface area (Å²) in [6.45, 7) is 0.343. The van der Waals surface area contributed by atoms with E-state index in [4.69, 9.17) is 15.2 Å². The number of phenols is 2. The molecule has 1 saturated heterocycles. The average Bonchev–Trinajstić information content (AvgIpc) is 3.46. The van der Waals surface area contributed by atoms with Crippen LogP contribution in [0.25, 0.3) is 0 Å². The number of ketones is 2. The summed E-state index contributed by atoms with van der Waals surface area (Å²) in [4.78, 5) is 53.4. The van der Waals surface area contributed by atoms with Gasteiger partial charge in [-0.2, -0.15) is 5.10 Å². The minimum absolute atomic E-state index is 0.0120. The minimum Gasteiger partial charge on any atom is -0.833 e. The van der Waals surface area contributed by atoms with Gasteiger partial charge in [0, 0.05) is 60.5 Å². The first-order valence-electron chi connectivity index (χ1n) is 17.7. The Kier molecular flexibility index (Phi) is 11.3. The third-order valence-corrected chi connectivity index (χ3v) is 10.5. The van der Waals surface area contributed by atoms with E-state index in [0.717, 1.165) is 0 Å². The highest BCUT2D eigenvalue weighted by Gasteiger charge is 2.49. The number of carbonyl (C=O) groups excluding carboxylic acids is 4. The van der Waals surface area contributed by atoms with Gasteiger partial charge < -0.3 is 55.9 Å². The molecule has 2 unspecified atom stereocenters. The SMILES string of the molecule is CC1O[C@@H](O[C@H]2C[C@](O)(/C(CO)=N/NC(=O)CCCCCN3C(=O)C=CC3[O-])Cc3c(O)c4c(c(O)c32)C(=O)c2c(CO)cccc2C4=O)C[C@@H](N)[C@H]1O. The van der Waals surface area contributed by atoms with Gasteiger partial charge in [-0.15, -0.1) is 0 Å². The van der Waals surface area contributed by atoms with Crippen LogP contribution in [0.15, 0.2) is 35.5 Å². The number of rotatable bonds is 12. The molecule has 2 aromatic rings. The van der Waals surface area contributed by atoms with Gasteiger partial charge in [-0.3, -0.25) is 19.2 Å². The van der Waals surface area contributed by atoms with Crippen LogP contribution in [0.4, 0.5) is 0 Å². The maximum absolute atomic E-state index is 13.9. The second kappa shape index (κ2) is 15.6. The van der Waals surface area contributed by atoms with E-state index >= 15 is 0 Å². The smallest absolute Gasteiger partial charge is 0.245 e. The van der Waals surface area contributed by atoms with Crippen molar-refractivity contribution in [2.45, 2.75) is 101 Å². The number of aliphatic hydroxyl groups excluding tert-OH is 3. The predicted molar refractivity (Wildman–Crippen MR) is 185 cm³/mol. The summed E-state index contributed by atoms with van der Waals surface area (Å²) in [5.41, 5.74) is 4.41. The van der Waals surface area contributed by atoms with E-state index in [-0.39, 0.29) is 58.8 Å². The fraction of sp³-hybridized carbons (Fsp3) is 0.486. The monoisotopic (exact) mass is 751 g/mol. The highest BCUT2D eigenvalue weighted by molar-refractivity contribution is 6.31. The van der Waals surface area contributed by atoms with Gasteiger partial charge >= 0.3 is 0 Å². The second-order valence-corrected chi connectivity index (χ2v) is 14.0. The molecule has 2 amide bonds. The third-order valence-electron chi connectivity index (χ3n) is 10.5. The van der Waals surface area contributed by atoms with E-state index in [2.05, 4.69) is 10.5 Å². The molecule has 0 bridgehead atoms. The van der Waals surface area contributed by atoms with E-state index in [1.54, 1.807) is 6.92 Å². The lowest BCUT2D eigenvalue weighted by atomic mass is 9.71. The highest BCUT2D eigenvalue weighted by atomic mass is 16.7. The molecular weight excluding hydrogens is 708 g/mol. The third kappa shape index (κ3) is 7.16. The molecule has 1 fully saturated rings. The number of unbranched alkanes of at least 4 members (excludes halogenated alkanes) is 2. The Morgan fingerprint density at radius 2 is 1.85 bits per heavy atom. The summed E-state index contributed by atoms with van der Waals surface area (Å²) in [5, 5.41) is 82.1. The van der Waals surface area contributed by atoms with Crippen molar-refractivity contribution in [3.63, 3.8) is 0 Å². The Morgan fingerprint density at radius 3 is 2.52 bits per heavy atom. The summed E-state index contributed by atoms with van der Waals surface area (Å²) >= 11 is 0. The van der Waals surface area contributed by atoms with Crippen molar-refractivity contribution in [2.24, 2.45) is 10.8 Å². The van der Waals surface area contributed by atoms with Gasteiger partial charge in [0.25, 0.3) is 0 Å². The van der Waals surface area contributed by atoms with Gasteiger partial charge in [0.15, 0.2) is 17.9 Å². The number of nitrogens with two attached hydrogens (primary N) is 1. The van der Waals surface area contributed by atoms with E-state index in [1.165, 1.54) is 35.3 Å². The van der Waals surface area contributed by atoms with Crippen molar-refractivity contribution in [1.82, 2.24) is 10.3 Å². The van der Waals surface area contributed by atoms with Crippen LogP contribution in [0.5, 0.6) is 11.5 Å². The van der Waals surface area contributed by atoms with Gasteiger partial charge in [0.2, 0.25) is 11.8 Å². The average molecular weight is 752 g/mol. The fourth-order valence-electron chi connectivity index (χ4n) is 7.62. The number of aliphatic hydroxyl groups is 4. The number of benzene rings is 2. The van der Waals surface area contributed by atoms with Crippen LogP contribution in [0, 0.1) is 0 Å². The molecule has 0 aromatic heterocycles. The first-order valence-corrected chi connectivity index (χ1v) is 17.7. The topological polar surface area (TPSA) is 285 Å². The van der Waals surface area contributed by atoms with Gasteiger partial charge in [-0.05, 0) is 37.6 Å². The zero-order valence-corrected chi connectivity index (χ0v) is 29.4. The quantitative estimate of drug-likeness (QED) is 0.0479. The first kappa shape index (κ1) is 39.1. The van der Waals surface area contributed by atoms with E-state index in [1.807, 2.05) is 0 Å². The number of aromatic hydroxyl groups is 2. The van der Waals surface area contributed by atoms with Gasteiger partial charge in [-0.1, -0.05) is 30.7 Å². The minimum atomic E-state index is -2.17. The maximum atomic E-state index is 13.9. The highest BCUT2D eigenvalue weighted by Crippen LogP contribution is 2.52. The summed E-state index contributed by atoms with van der Waals surface area (Å²) in [5.74, 6) is -4.01. The van der Waals surface area contributed by atoms with Crippen LogP contribution in [0.1, 0.15) is 100 Å². The second-order valence-electron chi connectivity index (χ2n) is 14.0. The van der Waals surface area contributed by atoms with Crippen molar-refractivity contribution >= 4 is 29.1 Å². The Morgan fingerprint density at radius 1 is 1.11 bits per heavy atom. The molecule has 0 radical (unpaired) electrons. The molecule has 9 N–H and O–H groups in total. The maximum Gasteiger partial charge on any atom is 0.245 e. The van der Waals surface area contributed by atoms with Crippen LogP contribution >= 0.6 is 0 Å². The van der Waals surface area contributed by atoms with E-state index in [9.17, 15) is 54.9 Å². The number of nitrogens with one attached hydrogen (secondary N) is 1. The Labute approximate surface area is 309 Å². The lowest BCUT2D eigenvalue weighted by Crippen LogP contribution is -2.53. The molecule has 4 aliphatic rings. The molecule has 2 heterocycles. The van der Waals surface area contributed by atoms with Crippen LogP contribution < -0.4 is 16.3 Å². The van der Waals surface area contributed by atoms with Gasteiger partial charge in [0.05, 0.1) is 48.4 Å². The number of phenolic OH excluding ortho intramolecular Hbond substituents is 2. The van der Waals surface area contributed by atoms with Crippen molar-refractivity contribution in [3.8, 4) is 11.5 Å². The van der Waals surface area contributed by atoms with Gasteiger partial charge in [-0.25, -0.2) is 5.43 Å². The van der Waals surface area contributed by atoms with E-state index in [0.29, 0.717) is 19.3 Å². The number of hydrogen-bond donors (Lipinski definition) is 8. The molecule has 17 heteroatoms. The van der Waals surface area contributed by atoms with Crippen LogP contribution in [0.3, 0.4) is 0 Å². The Hall–Kier alpha value is -4.59. The van der Waals surface area contributed by atoms with E-state index < -0.39 is 109 Å². The zero-order chi connectivity index (χ0) is 39.1. The van der Waals surface area contributed by atoms with Crippen molar-refractivity contribution < 1.29 is 64.4 Å². The Bertz CT molecular complexity index is 1900. The molecule has 6 rings (SSSR count). The van der Waals surface area contributed by atoms with Crippen LogP contribution in [0.2, 0.25) is 0 Å². The molecule has 0 saturated carbocycles. The number of hydrogen-bond acceptors (Lipinski definition) is 15. The summed E-state index contributed by atoms with van der Waals surface area (Å²) < 4.78 is 12.1. The lowest BCUT2D eigenvalue weighted by molar-refractivity contribution is -0.432.